The Hall–Kier alpha value is -3.69. The second kappa shape index (κ2) is 11.1. The van der Waals surface area contributed by atoms with Crippen molar-refractivity contribution in [1.29, 1.82) is 0 Å². The molecule has 5 rings (SSSR count). The number of esters is 1. The monoisotopic (exact) mass is 618 g/mol. The van der Waals surface area contributed by atoms with Crippen LogP contribution >= 0.6 is 27.3 Å². The number of rotatable bonds is 6. The van der Waals surface area contributed by atoms with Crippen LogP contribution in [0.1, 0.15) is 42.4 Å². The highest BCUT2D eigenvalue weighted by atomic mass is 79.9. The molecule has 1 aliphatic rings. The summed E-state index contributed by atoms with van der Waals surface area (Å²) in [5.41, 5.74) is 6.71. The van der Waals surface area contributed by atoms with Crippen LogP contribution in [0.2, 0.25) is 0 Å². The molecule has 0 spiro atoms. The Morgan fingerprint density at radius 1 is 1.10 bits per heavy atom. The van der Waals surface area contributed by atoms with Crippen LogP contribution in [0.5, 0.6) is 0 Å². The van der Waals surface area contributed by atoms with Crippen LogP contribution in [-0.4, -0.2) is 35.8 Å². The molecule has 1 aliphatic heterocycles. The SMILES string of the molecule is CCOC(=O)C1=C(C)N=c2s/c(=C/c3cc(C)n(-c4ccc(Br)cc4)c3C)c(=O)n2C1c1ccc(N(C)C)cc1. The van der Waals surface area contributed by atoms with Gasteiger partial charge < -0.3 is 14.2 Å². The van der Waals surface area contributed by atoms with Crippen molar-refractivity contribution in [2.24, 2.45) is 4.99 Å². The molecule has 40 heavy (non-hydrogen) atoms. The quantitative estimate of drug-likeness (QED) is 0.284. The normalized spacial score (nSPS) is 15.2. The standard InChI is InChI=1S/C31H31BrN4O3S/c1-7-39-30(38)27-19(3)33-31-36(28(27)21-8-12-24(13-9-21)34(5)6)29(37)26(40-31)17-22-16-18(2)35(20(22)4)25-14-10-23(32)11-15-25/h8-17,28H,7H2,1-6H3/b26-17+. The van der Waals surface area contributed by atoms with Crippen molar-refractivity contribution in [2.45, 2.75) is 33.7 Å². The van der Waals surface area contributed by atoms with Gasteiger partial charge in [0.05, 0.1) is 28.5 Å². The predicted molar refractivity (Wildman–Crippen MR) is 164 cm³/mol. The van der Waals surface area contributed by atoms with E-state index >= 15 is 0 Å². The summed E-state index contributed by atoms with van der Waals surface area (Å²) in [6.45, 7) is 7.92. The number of benzene rings is 2. The van der Waals surface area contributed by atoms with Gasteiger partial charge in [-0.05, 0) is 87.4 Å². The minimum atomic E-state index is -0.635. The third-order valence-electron chi connectivity index (χ3n) is 7.08. The maximum absolute atomic E-state index is 14.0. The highest BCUT2D eigenvalue weighted by Crippen LogP contribution is 2.31. The first-order valence-corrected chi connectivity index (χ1v) is 14.6. The van der Waals surface area contributed by atoms with E-state index in [2.05, 4.69) is 52.5 Å². The number of carbonyl (C=O) groups excluding carboxylic acids is 1. The van der Waals surface area contributed by atoms with Gasteiger partial charge in [0.25, 0.3) is 5.56 Å². The number of thiazole rings is 1. The fraction of sp³-hybridized carbons (Fsp3) is 0.258. The molecule has 1 atom stereocenters. The molecule has 9 heteroatoms. The van der Waals surface area contributed by atoms with E-state index in [9.17, 15) is 9.59 Å². The molecule has 0 fully saturated rings. The number of ether oxygens (including phenoxy) is 1. The maximum atomic E-state index is 14.0. The first-order chi connectivity index (χ1) is 19.1. The van der Waals surface area contributed by atoms with E-state index in [-0.39, 0.29) is 12.2 Å². The summed E-state index contributed by atoms with van der Waals surface area (Å²) in [7, 11) is 3.94. The number of allylic oxidation sites excluding steroid dienone is 1. The Kier molecular flexibility index (Phi) is 7.70. The third kappa shape index (κ3) is 4.99. The van der Waals surface area contributed by atoms with Crippen molar-refractivity contribution in [3.8, 4) is 5.69 Å². The highest BCUT2D eigenvalue weighted by molar-refractivity contribution is 9.10. The van der Waals surface area contributed by atoms with E-state index in [0.717, 1.165) is 38.4 Å². The van der Waals surface area contributed by atoms with Gasteiger partial charge in [-0.2, -0.15) is 0 Å². The first-order valence-electron chi connectivity index (χ1n) is 13.0. The zero-order valence-electron chi connectivity index (χ0n) is 23.4. The van der Waals surface area contributed by atoms with Gasteiger partial charge in [-0.3, -0.25) is 9.36 Å². The Morgan fingerprint density at radius 3 is 2.40 bits per heavy atom. The van der Waals surface area contributed by atoms with Crippen LogP contribution in [0.15, 0.2) is 80.1 Å². The number of hydrogen-bond donors (Lipinski definition) is 0. The van der Waals surface area contributed by atoms with Gasteiger partial charge in [0.2, 0.25) is 0 Å². The summed E-state index contributed by atoms with van der Waals surface area (Å²) in [6.07, 6.45) is 1.93. The van der Waals surface area contributed by atoms with E-state index in [1.807, 2.05) is 61.5 Å². The molecule has 0 bridgehead atoms. The van der Waals surface area contributed by atoms with E-state index in [1.165, 1.54) is 11.3 Å². The molecular weight excluding hydrogens is 588 g/mol. The minimum Gasteiger partial charge on any atom is -0.463 e. The smallest absolute Gasteiger partial charge is 0.338 e. The number of anilines is 1. The summed E-state index contributed by atoms with van der Waals surface area (Å²) in [5, 5.41) is 0. The summed E-state index contributed by atoms with van der Waals surface area (Å²) in [4.78, 5) is 34.4. The molecule has 0 radical (unpaired) electrons. The summed E-state index contributed by atoms with van der Waals surface area (Å²) >= 11 is 4.84. The van der Waals surface area contributed by atoms with E-state index < -0.39 is 12.0 Å². The molecule has 1 unspecified atom stereocenters. The number of carbonyl (C=O) groups is 1. The van der Waals surface area contributed by atoms with Gasteiger partial charge in [-0.25, -0.2) is 9.79 Å². The van der Waals surface area contributed by atoms with Gasteiger partial charge in [-0.1, -0.05) is 39.4 Å². The Bertz CT molecular complexity index is 1810. The zero-order valence-corrected chi connectivity index (χ0v) is 25.8. The van der Waals surface area contributed by atoms with Crippen molar-refractivity contribution in [3.05, 3.63) is 113 Å². The number of aromatic nitrogens is 2. The van der Waals surface area contributed by atoms with Gasteiger partial charge in [0.15, 0.2) is 4.80 Å². The van der Waals surface area contributed by atoms with Crippen LogP contribution in [0, 0.1) is 13.8 Å². The van der Waals surface area contributed by atoms with E-state index in [1.54, 1.807) is 18.4 Å². The first kappa shape index (κ1) is 27.9. The largest absolute Gasteiger partial charge is 0.463 e. The summed E-state index contributed by atoms with van der Waals surface area (Å²) < 4.78 is 10.8. The molecule has 2 aromatic heterocycles. The molecule has 4 aromatic rings. The molecule has 206 valence electrons. The lowest BCUT2D eigenvalue weighted by Gasteiger charge is -2.25. The maximum Gasteiger partial charge on any atom is 0.338 e. The summed E-state index contributed by atoms with van der Waals surface area (Å²) in [5.74, 6) is -0.460. The molecule has 0 saturated heterocycles. The number of halogens is 1. The van der Waals surface area contributed by atoms with E-state index in [0.29, 0.717) is 20.6 Å². The van der Waals surface area contributed by atoms with Crippen LogP contribution in [-0.2, 0) is 9.53 Å². The molecule has 7 nitrogen and oxygen atoms in total. The molecule has 0 amide bonds. The fourth-order valence-electron chi connectivity index (χ4n) is 5.12. The van der Waals surface area contributed by atoms with Crippen molar-refractivity contribution < 1.29 is 9.53 Å². The Morgan fingerprint density at radius 2 is 1.77 bits per heavy atom. The van der Waals surface area contributed by atoms with Crippen molar-refractivity contribution in [3.63, 3.8) is 0 Å². The lowest BCUT2D eigenvalue weighted by Crippen LogP contribution is -2.40. The van der Waals surface area contributed by atoms with Gasteiger partial charge in [0.1, 0.15) is 0 Å². The lowest BCUT2D eigenvalue weighted by molar-refractivity contribution is -0.139. The van der Waals surface area contributed by atoms with Gasteiger partial charge in [-0.15, -0.1) is 0 Å². The fourth-order valence-corrected chi connectivity index (χ4v) is 6.43. The molecule has 0 saturated carbocycles. The zero-order chi connectivity index (χ0) is 28.7. The van der Waals surface area contributed by atoms with Crippen molar-refractivity contribution in [1.82, 2.24) is 9.13 Å². The average Bonchev–Trinajstić information content (AvgIpc) is 3.38. The number of hydrogen-bond acceptors (Lipinski definition) is 6. The number of nitrogens with zero attached hydrogens (tertiary/aromatic N) is 4. The second-order valence-electron chi connectivity index (χ2n) is 9.93. The highest BCUT2D eigenvalue weighted by Gasteiger charge is 2.33. The van der Waals surface area contributed by atoms with Crippen LogP contribution in [0.3, 0.4) is 0 Å². The molecule has 2 aromatic carbocycles. The predicted octanol–water partition coefficient (Wildman–Crippen LogP) is 5.03. The van der Waals surface area contributed by atoms with Crippen LogP contribution < -0.4 is 19.8 Å². The summed E-state index contributed by atoms with van der Waals surface area (Å²) in [6, 6.07) is 17.5. The molecule has 0 aliphatic carbocycles. The number of aryl methyl sites for hydroxylation is 1. The van der Waals surface area contributed by atoms with E-state index in [4.69, 9.17) is 9.73 Å². The van der Waals surface area contributed by atoms with Gasteiger partial charge in [0, 0.05) is 41.3 Å². The Balaban J connectivity index is 1.67. The second-order valence-corrected chi connectivity index (χ2v) is 11.9. The third-order valence-corrected chi connectivity index (χ3v) is 8.60. The lowest BCUT2D eigenvalue weighted by atomic mass is 9.95. The molecular formula is C31H31BrN4O3S. The average molecular weight is 620 g/mol. The van der Waals surface area contributed by atoms with Crippen molar-refractivity contribution >= 4 is 45.0 Å². The molecule has 0 N–H and O–H groups in total. The van der Waals surface area contributed by atoms with Crippen molar-refractivity contribution in [2.75, 3.05) is 25.6 Å². The van der Waals surface area contributed by atoms with Gasteiger partial charge >= 0.3 is 5.97 Å². The van der Waals surface area contributed by atoms with Crippen LogP contribution in [0.25, 0.3) is 11.8 Å². The minimum absolute atomic E-state index is 0.187. The topological polar surface area (TPSA) is 68.8 Å². The Labute approximate surface area is 245 Å². The number of fused-ring (bicyclic) bond motifs is 1. The molecule has 3 heterocycles. The van der Waals surface area contributed by atoms with Crippen LogP contribution in [0.4, 0.5) is 5.69 Å².